The number of hydrogen-bond acceptors (Lipinski definition) is 3. The highest BCUT2D eigenvalue weighted by atomic mass is 19.1. The molecule has 0 aliphatic carbocycles. The number of benzene rings is 2. The summed E-state index contributed by atoms with van der Waals surface area (Å²) in [6.45, 7) is 4.47. The molecule has 0 unspecified atom stereocenters. The topological polar surface area (TPSA) is 58.6 Å². The summed E-state index contributed by atoms with van der Waals surface area (Å²) in [6, 6.07) is 12.8. The van der Waals surface area contributed by atoms with Gasteiger partial charge in [-0.3, -0.25) is 14.5 Å². The summed E-state index contributed by atoms with van der Waals surface area (Å²) in [5.74, 6) is -0.878. The summed E-state index contributed by atoms with van der Waals surface area (Å²) in [4.78, 5) is 26.8. The van der Waals surface area contributed by atoms with Crippen LogP contribution in [0.25, 0.3) is 5.70 Å². The van der Waals surface area contributed by atoms with Crippen LogP contribution in [0.3, 0.4) is 0 Å². The summed E-state index contributed by atoms with van der Waals surface area (Å²) in [5.41, 5.74) is 2.59. The van der Waals surface area contributed by atoms with Gasteiger partial charge in [0.05, 0.1) is 12.1 Å². The van der Waals surface area contributed by atoms with E-state index in [4.69, 9.17) is 4.74 Å². The van der Waals surface area contributed by atoms with Crippen molar-refractivity contribution in [2.45, 2.75) is 25.0 Å². The van der Waals surface area contributed by atoms with Gasteiger partial charge < -0.3 is 10.1 Å². The molecule has 0 bridgehead atoms. The molecule has 5 nitrogen and oxygen atoms in total. The zero-order chi connectivity index (χ0) is 19.7. The van der Waals surface area contributed by atoms with E-state index in [0.29, 0.717) is 17.9 Å². The molecular weight excluding hydrogens is 359 g/mol. The molecular formula is C22H21FN2O3. The molecule has 0 radical (unpaired) electrons. The van der Waals surface area contributed by atoms with Crippen LogP contribution >= 0.6 is 0 Å². The highest BCUT2D eigenvalue weighted by molar-refractivity contribution is 6.10. The largest absolute Gasteiger partial charge is 0.376 e. The van der Waals surface area contributed by atoms with Gasteiger partial charge in [-0.25, -0.2) is 4.39 Å². The summed E-state index contributed by atoms with van der Waals surface area (Å²) in [7, 11) is 0. The fraction of sp³-hybridized carbons (Fsp3) is 0.273. The first-order chi connectivity index (χ1) is 13.5. The van der Waals surface area contributed by atoms with Crippen LogP contribution in [0.4, 0.5) is 4.39 Å². The van der Waals surface area contributed by atoms with E-state index in [2.05, 4.69) is 11.9 Å². The molecule has 2 heterocycles. The zero-order valence-electron chi connectivity index (χ0n) is 15.4. The van der Waals surface area contributed by atoms with Gasteiger partial charge in [0.1, 0.15) is 12.4 Å². The number of nitrogens with zero attached hydrogens (tertiary/aromatic N) is 1. The first kappa shape index (κ1) is 18.4. The Morgan fingerprint density at radius 2 is 1.93 bits per heavy atom. The molecule has 0 saturated carbocycles. The second kappa shape index (κ2) is 7.56. The lowest BCUT2D eigenvalue weighted by Crippen LogP contribution is -2.42. The number of carbonyl (C=O) groups excluding carboxylic acids is 2. The van der Waals surface area contributed by atoms with Crippen molar-refractivity contribution in [3.05, 3.63) is 77.6 Å². The first-order valence-corrected chi connectivity index (χ1v) is 9.31. The Labute approximate surface area is 162 Å². The average molecular weight is 380 g/mol. The third-order valence-corrected chi connectivity index (χ3v) is 5.22. The van der Waals surface area contributed by atoms with Crippen molar-refractivity contribution in [1.82, 2.24) is 10.2 Å². The van der Waals surface area contributed by atoms with Gasteiger partial charge in [-0.15, -0.1) is 0 Å². The minimum Gasteiger partial charge on any atom is -0.376 e. The van der Waals surface area contributed by atoms with Gasteiger partial charge >= 0.3 is 0 Å². The highest BCUT2D eigenvalue weighted by Crippen LogP contribution is 2.31. The second-order valence-corrected chi connectivity index (χ2v) is 7.03. The van der Waals surface area contributed by atoms with Gasteiger partial charge in [0, 0.05) is 23.4 Å². The molecule has 4 rings (SSSR count). The van der Waals surface area contributed by atoms with Crippen molar-refractivity contribution in [2.75, 3.05) is 13.2 Å². The molecule has 2 amide bonds. The Morgan fingerprint density at radius 1 is 1.21 bits per heavy atom. The number of nitrogens with one attached hydrogen (secondary N) is 1. The maximum atomic E-state index is 13.3. The zero-order valence-corrected chi connectivity index (χ0v) is 15.4. The molecule has 28 heavy (non-hydrogen) atoms. The standard InChI is InChI=1S/C22H21FN2O3/c1-14-17-5-2-3-6-18(17)22(27)25(14)13-20(26)24-21(19-7-4-12-28-19)15-8-10-16(23)11-9-15/h2-3,5-6,8-11,19,21H,1,4,7,12-13H2,(H,24,26)/t19-,21-/m0/s1. The summed E-state index contributed by atoms with van der Waals surface area (Å²) < 4.78 is 19.1. The van der Waals surface area contributed by atoms with Crippen LogP contribution < -0.4 is 5.32 Å². The molecule has 2 aliphatic heterocycles. The molecule has 1 N–H and O–H groups in total. The number of rotatable bonds is 5. The van der Waals surface area contributed by atoms with Crippen molar-refractivity contribution in [3.8, 4) is 0 Å². The SMILES string of the molecule is C=C1c2ccccc2C(=O)N1CC(=O)N[C@@H](c1ccc(F)cc1)[C@@H]1CCCO1. The van der Waals surface area contributed by atoms with Crippen molar-refractivity contribution < 1.29 is 18.7 Å². The van der Waals surface area contributed by atoms with E-state index in [9.17, 15) is 14.0 Å². The van der Waals surface area contributed by atoms with Crippen LogP contribution in [-0.4, -0.2) is 36.0 Å². The van der Waals surface area contributed by atoms with Crippen LogP contribution in [0.2, 0.25) is 0 Å². The van der Waals surface area contributed by atoms with E-state index in [1.54, 1.807) is 24.3 Å². The third-order valence-electron chi connectivity index (χ3n) is 5.22. The van der Waals surface area contributed by atoms with Crippen LogP contribution in [0.15, 0.2) is 55.1 Å². The van der Waals surface area contributed by atoms with Crippen LogP contribution in [-0.2, 0) is 9.53 Å². The van der Waals surface area contributed by atoms with Gasteiger partial charge in [-0.2, -0.15) is 0 Å². The number of carbonyl (C=O) groups is 2. The lowest BCUT2D eigenvalue weighted by atomic mass is 9.99. The van der Waals surface area contributed by atoms with Gasteiger partial charge in [0.25, 0.3) is 5.91 Å². The highest BCUT2D eigenvalue weighted by Gasteiger charge is 2.34. The second-order valence-electron chi connectivity index (χ2n) is 7.03. The van der Waals surface area contributed by atoms with Crippen molar-refractivity contribution in [3.63, 3.8) is 0 Å². The Hall–Kier alpha value is -2.99. The molecule has 2 aliphatic rings. The predicted octanol–water partition coefficient (Wildman–Crippen LogP) is 3.29. The van der Waals surface area contributed by atoms with Crippen LogP contribution in [0, 0.1) is 5.82 Å². The van der Waals surface area contributed by atoms with Gasteiger partial charge in [-0.05, 0) is 36.6 Å². The first-order valence-electron chi connectivity index (χ1n) is 9.31. The van der Waals surface area contributed by atoms with Crippen LogP contribution in [0.1, 0.15) is 40.4 Å². The quantitative estimate of drug-likeness (QED) is 0.866. The molecule has 6 heteroatoms. The normalized spacial score (nSPS) is 19.6. The molecule has 144 valence electrons. The average Bonchev–Trinajstić information content (AvgIpc) is 3.31. The van der Waals surface area contributed by atoms with Crippen molar-refractivity contribution >= 4 is 17.5 Å². The Kier molecular flexibility index (Phi) is 4.96. The van der Waals surface area contributed by atoms with Crippen LogP contribution in [0.5, 0.6) is 0 Å². The lowest BCUT2D eigenvalue weighted by Gasteiger charge is -2.26. The Morgan fingerprint density at radius 3 is 2.57 bits per heavy atom. The summed E-state index contributed by atoms with van der Waals surface area (Å²) in [5, 5.41) is 2.97. The van der Waals surface area contributed by atoms with E-state index in [1.165, 1.54) is 17.0 Å². The van der Waals surface area contributed by atoms with Gasteiger partial charge in [0.2, 0.25) is 5.91 Å². The Bertz CT molecular complexity index is 885. The maximum absolute atomic E-state index is 13.3. The summed E-state index contributed by atoms with van der Waals surface area (Å²) >= 11 is 0. The molecule has 2 aromatic rings. The monoisotopic (exact) mass is 380 g/mol. The van der Waals surface area contributed by atoms with Gasteiger partial charge in [0.15, 0.2) is 0 Å². The number of amides is 2. The fourth-order valence-corrected chi connectivity index (χ4v) is 3.79. The lowest BCUT2D eigenvalue weighted by molar-refractivity contribution is -0.123. The van der Waals surface area contributed by atoms with Crippen molar-refractivity contribution in [1.29, 1.82) is 0 Å². The van der Waals surface area contributed by atoms with Crippen molar-refractivity contribution in [2.24, 2.45) is 0 Å². The molecule has 0 aromatic heterocycles. The van der Waals surface area contributed by atoms with Gasteiger partial charge in [-0.1, -0.05) is 36.9 Å². The summed E-state index contributed by atoms with van der Waals surface area (Å²) in [6.07, 6.45) is 1.54. The predicted molar refractivity (Wildman–Crippen MR) is 103 cm³/mol. The minimum absolute atomic E-state index is 0.128. The van der Waals surface area contributed by atoms with E-state index in [-0.39, 0.29) is 30.3 Å². The van der Waals surface area contributed by atoms with E-state index in [0.717, 1.165) is 24.0 Å². The Balaban J connectivity index is 1.50. The third kappa shape index (κ3) is 3.43. The minimum atomic E-state index is -0.399. The fourth-order valence-electron chi connectivity index (χ4n) is 3.79. The maximum Gasteiger partial charge on any atom is 0.259 e. The van der Waals surface area contributed by atoms with E-state index in [1.807, 2.05) is 12.1 Å². The molecule has 2 aromatic carbocycles. The van der Waals surface area contributed by atoms with E-state index < -0.39 is 6.04 Å². The number of halogens is 1. The number of ether oxygens (including phenoxy) is 1. The smallest absolute Gasteiger partial charge is 0.259 e. The molecule has 1 fully saturated rings. The molecule has 0 spiro atoms. The molecule has 1 saturated heterocycles. The number of fused-ring (bicyclic) bond motifs is 1. The number of hydrogen-bond donors (Lipinski definition) is 1. The van der Waals surface area contributed by atoms with E-state index >= 15 is 0 Å². The molecule has 2 atom stereocenters.